The van der Waals surface area contributed by atoms with Crippen LogP contribution in [-0.4, -0.2) is 32.7 Å². The summed E-state index contributed by atoms with van der Waals surface area (Å²) < 4.78 is 0. The zero-order valence-electron chi connectivity index (χ0n) is 14.0. The first-order valence-electron chi connectivity index (χ1n) is 8.71. The molecule has 122 valence electrons. The Kier molecular flexibility index (Phi) is 5.54. The summed E-state index contributed by atoms with van der Waals surface area (Å²) >= 11 is 0. The maximum absolute atomic E-state index is 3.45. The van der Waals surface area contributed by atoms with E-state index in [1.54, 1.807) is 0 Å². The number of nitrogens with zero attached hydrogens (tertiary/aromatic N) is 2. The molecule has 2 aromatic carbocycles. The van der Waals surface area contributed by atoms with Crippen LogP contribution in [0.4, 0.5) is 11.4 Å². The van der Waals surface area contributed by atoms with Gasteiger partial charge >= 0.3 is 0 Å². The predicted octanol–water partition coefficient (Wildman–Crippen LogP) is 3.51. The Labute approximate surface area is 139 Å². The Morgan fingerprint density at radius 2 is 1.35 bits per heavy atom. The first-order chi connectivity index (χ1) is 11.4. The quantitative estimate of drug-likeness (QED) is 0.824. The van der Waals surface area contributed by atoms with E-state index in [9.17, 15) is 0 Å². The largest absolute Gasteiger partial charge is 0.368 e. The Bertz CT molecular complexity index is 572. The highest BCUT2D eigenvalue weighted by Crippen LogP contribution is 2.20. The molecule has 0 bridgehead atoms. The lowest BCUT2D eigenvalue weighted by molar-refractivity contribution is 0.652. The minimum atomic E-state index is 0.968. The van der Waals surface area contributed by atoms with Gasteiger partial charge in [-0.05, 0) is 42.8 Å². The highest BCUT2D eigenvalue weighted by atomic mass is 15.3. The van der Waals surface area contributed by atoms with Crippen LogP contribution >= 0.6 is 0 Å². The number of benzene rings is 2. The molecular weight excluding hydrogens is 282 g/mol. The van der Waals surface area contributed by atoms with Gasteiger partial charge in [0.25, 0.3) is 0 Å². The van der Waals surface area contributed by atoms with Gasteiger partial charge in [0.05, 0.1) is 0 Å². The molecule has 1 aliphatic rings. The van der Waals surface area contributed by atoms with E-state index in [1.807, 2.05) is 0 Å². The standard InChI is InChI=1S/C20H27N3/c1-2-12-21-17-18-8-10-20(11-9-18)23-15-13-22(14-16-23)19-6-4-3-5-7-19/h3-11,21H,2,12-17H2,1H3. The smallest absolute Gasteiger partial charge is 0.0367 e. The van der Waals surface area contributed by atoms with Crippen LogP contribution < -0.4 is 15.1 Å². The molecule has 2 aromatic rings. The summed E-state index contributed by atoms with van der Waals surface area (Å²) in [5.74, 6) is 0. The van der Waals surface area contributed by atoms with Crippen LogP contribution in [0.5, 0.6) is 0 Å². The van der Waals surface area contributed by atoms with Gasteiger partial charge in [-0.2, -0.15) is 0 Å². The van der Waals surface area contributed by atoms with Gasteiger partial charge in [-0.15, -0.1) is 0 Å². The lowest BCUT2D eigenvalue weighted by Gasteiger charge is -2.37. The summed E-state index contributed by atoms with van der Waals surface area (Å²) in [6, 6.07) is 19.8. The molecule has 0 aromatic heterocycles. The summed E-state index contributed by atoms with van der Waals surface area (Å²) in [4.78, 5) is 4.96. The molecule has 0 aliphatic carbocycles. The molecule has 1 saturated heterocycles. The monoisotopic (exact) mass is 309 g/mol. The van der Waals surface area contributed by atoms with Crippen LogP contribution in [0.25, 0.3) is 0 Å². The normalized spacial score (nSPS) is 15.0. The average molecular weight is 309 g/mol. The van der Waals surface area contributed by atoms with E-state index >= 15 is 0 Å². The molecule has 0 amide bonds. The van der Waals surface area contributed by atoms with Crippen LogP contribution in [0.2, 0.25) is 0 Å². The molecule has 0 spiro atoms. The molecule has 0 saturated carbocycles. The topological polar surface area (TPSA) is 18.5 Å². The van der Waals surface area contributed by atoms with E-state index < -0.39 is 0 Å². The van der Waals surface area contributed by atoms with E-state index in [4.69, 9.17) is 0 Å². The fourth-order valence-corrected chi connectivity index (χ4v) is 3.10. The van der Waals surface area contributed by atoms with Gasteiger partial charge in [-0.25, -0.2) is 0 Å². The molecular formula is C20H27N3. The third kappa shape index (κ3) is 4.26. The van der Waals surface area contributed by atoms with E-state index in [-0.39, 0.29) is 0 Å². The molecule has 1 fully saturated rings. The van der Waals surface area contributed by atoms with Gasteiger partial charge < -0.3 is 15.1 Å². The second-order valence-electron chi connectivity index (χ2n) is 6.15. The molecule has 1 aliphatic heterocycles. The summed E-state index contributed by atoms with van der Waals surface area (Å²) in [6.07, 6.45) is 1.18. The number of piperazine rings is 1. The van der Waals surface area contributed by atoms with Crippen molar-refractivity contribution in [3.63, 3.8) is 0 Å². The Morgan fingerprint density at radius 1 is 0.783 bits per heavy atom. The van der Waals surface area contributed by atoms with Gasteiger partial charge in [0, 0.05) is 44.1 Å². The third-order valence-electron chi connectivity index (χ3n) is 4.46. The maximum Gasteiger partial charge on any atom is 0.0367 e. The predicted molar refractivity (Wildman–Crippen MR) is 99.3 cm³/mol. The molecule has 1 N–H and O–H groups in total. The fourth-order valence-electron chi connectivity index (χ4n) is 3.10. The van der Waals surface area contributed by atoms with Crippen molar-refractivity contribution in [2.45, 2.75) is 19.9 Å². The minimum absolute atomic E-state index is 0.968. The number of anilines is 2. The van der Waals surface area contributed by atoms with E-state index in [2.05, 4.69) is 76.6 Å². The van der Waals surface area contributed by atoms with Crippen LogP contribution in [0, 0.1) is 0 Å². The Morgan fingerprint density at radius 3 is 1.91 bits per heavy atom. The van der Waals surface area contributed by atoms with Crippen molar-refractivity contribution in [2.75, 3.05) is 42.5 Å². The van der Waals surface area contributed by atoms with Crippen molar-refractivity contribution in [1.29, 1.82) is 0 Å². The van der Waals surface area contributed by atoms with Gasteiger partial charge in [0.15, 0.2) is 0 Å². The number of hydrogen-bond donors (Lipinski definition) is 1. The number of hydrogen-bond acceptors (Lipinski definition) is 3. The van der Waals surface area contributed by atoms with Crippen LogP contribution in [0.15, 0.2) is 54.6 Å². The van der Waals surface area contributed by atoms with Crippen molar-refractivity contribution < 1.29 is 0 Å². The summed E-state index contributed by atoms with van der Waals surface area (Å²) in [5, 5.41) is 3.45. The van der Waals surface area contributed by atoms with Crippen LogP contribution in [-0.2, 0) is 6.54 Å². The zero-order chi connectivity index (χ0) is 15.9. The molecule has 3 nitrogen and oxygen atoms in total. The van der Waals surface area contributed by atoms with Crippen molar-refractivity contribution in [1.82, 2.24) is 5.32 Å². The SMILES string of the molecule is CCCNCc1ccc(N2CCN(c3ccccc3)CC2)cc1. The first kappa shape index (κ1) is 15.9. The summed E-state index contributed by atoms with van der Waals surface area (Å²) in [7, 11) is 0. The van der Waals surface area contributed by atoms with E-state index in [0.29, 0.717) is 0 Å². The van der Waals surface area contributed by atoms with Crippen molar-refractivity contribution in [3.8, 4) is 0 Å². The molecule has 3 heteroatoms. The van der Waals surface area contributed by atoms with Crippen molar-refractivity contribution in [3.05, 3.63) is 60.2 Å². The highest BCUT2D eigenvalue weighted by molar-refractivity contribution is 5.52. The number of nitrogens with one attached hydrogen (secondary N) is 1. The maximum atomic E-state index is 3.45. The molecule has 0 atom stereocenters. The fraction of sp³-hybridized carbons (Fsp3) is 0.400. The lowest BCUT2D eigenvalue weighted by Crippen LogP contribution is -2.46. The Hall–Kier alpha value is -2.00. The molecule has 0 unspecified atom stereocenters. The van der Waals surface area contributed by atoms with Crippen molar-refractivity contribution in [2.24, 2.45) is 0 Å². The van der Waals surface area contributed by atoms with Gasteiger partial charge in [0.2, 0.25) is 0 Å². The highest BCUT2D eigenvalue weighted by Gasteiger charge is 2.17. The van der Waals surface area contributed by atoms with Gasteiger partial charge in [-0.3, -0.25) is 0 Å². The molecule has 23 heavy (non-hydrogen) atoms. The third-order valence-corrected chi connectivity index (χ3v) is 4.46. The summed E-state index contributed by atoms with van der Waals surface area (Å²) in [5.41, 5.74) is 4.05. The van der Waals surface area contributed by atoms with E-state index in [0.717, 1.165) is 39.3 Å². The first-order valence-corrected chi connectivity index (χ1v) is 8.71. The van der Waals surface area contributed by atoms with Crippen molar-refractivity contribution >= 4 is 11.4 Å². The van der Waals surface area contributed by atoms with E-state index in [1.165, 1.54) is 23.4 Å². The van der Waals surface area contributed by atoms with Gasteiger partial charge in [0.1, 0.15) is 0 Å². The minimum Gasteiger partial charge on any atom is -0.368 e. The number of rotatable bonds is 6. The second-order valence-corrected chi connectivity index (χ2v) is 6.15. The second kappa shape index (κ2) is 8.02. The number of para-hydroxylation sites is 1. The molecule has 0 radical (unpaired) electrons. The zero-order valence-corrected chi connectivity index (χ0v) is 14.0. The molecule has 1 heterocycles. The average Bonchev–Trinajstić information content (AvgIpc) is 2.63. The van der Waals surface area contributed by atoms with Crippen LogP contribution in [0.1, 0.15) is 18.9 Å². The summed E-state index contributed by atoms with van der Waals surface area (Å²) in [6.45, 7) is 8.60. The van der Waals surface area contributed by atoms with Gasteiger partial charge in [-0.1, -0.05) is 37.3 Å². The Balaban J connectivity index is 1.53. The lowest BCUT2D eigenvalue weighted by atomic mass is 10.1. The van der Waals surface area contributed by atoms with Crippen LogP contribution in [0.3, 0.4) is 0 Å². The molecule has 3 rings (SSSR count).